The predicted molar refractivity (Wildman–Crippen MR) is 196 cm³/mol. The number of carbonyl (C=O) groups excluding carboxylic acids is 3. The van der Waals surface area contributed by atoms with Crippen LogP contribution in [0.1, 0.15) is 220 Å². The third-order valence-electron chi connectivity index (χ3n) is 9.40. The van der Waals surface area contributed by atoms with E-state index < -0.39 is 6.10 Å². The van der Waals surface area contributed by atoms with Gasteiger partial charge in [0.1, 0.15) is 13.2 Å². The maximum Gasteiger partial charge on any atom is 0.306 e. The Balaban J connectivity index is 4.26. The van der Waals surface area contributed by atoms with Crippen LogP contribution < -0.4 is 0 Å². The monoisotopic (exact) mass is 667 g/mol. The molecule has 0 aromatic rings. The molecular formula is C41H78O6. The van der Waals surface area contributed by atoms with Crippen LogP contribution in [0.3, 0.4) is 0 Å². The maximum absolute atomic E-state index is 12.6. The summed E-state index contributed by atoms with van der Waals surface area (Å²) in [6.45, 7) is 8.89. The molecule has 6 heteroatoms. The molecule has 2 atom stereocenters. The van der Waals surface area contributed by atoms with E-state index in [-0.39, 0.29) is 31.1 Å². The van der Waals surface area contributed by atoms with Crippen LogP contribution in [0.25, 0.3) is 0 Å². The molecule has 0 bridgehead atoms. The molecule has 0 saturated carbocycles. The van der Waals surface area contributed by atoms with Gasteiger partial charge in [0.25, 0.3) is 0 Å². The van der Waals surface area contributed by atoms with E-state index in [1.165, 1.54) is 109 Å². The second-order valence-electron chi connectivity index (χ2n) is 14.2. The first kappa shape index (κ1) is 45.4. The number of carbonyl (C=O) groups is 3. The Kier molecular flexibility index (Phi) is 34.5. The van der Waals surface area contributed by atoms with Gasteiger partial charge in [0.05, 0.1) is 0 Å². The highest BCUT2D eigenvalue weighted by Crippen LogP contribution is 2.16. The fraction of sp³-hybridized carbons (Fsp3) is 0.927. The third-order valence-corrected chi connectivity index (χ3v) is 9.40. The summed E-state index contributed by atoms with van der Waals surface area (Å²) in [5.74, 6) is -0.0315. The molecule has 47 heavy (non-hydrogen) atoms. The van der Waals surface area contributed by atoms with Crippen molar-refractivity contribution in [1.29, 1.82) is 0 Å². The quantitative estimate of drug-likeness (QED) is 0.0376. The van der Waals surface area contributed by atoms with Crippen molar-refractivity contribution in [1.82, 2.24) is 0 Å². The lowest BCUT2D eigenvalue weighted by molar-refractivity contribution is -0.167. The summed E-state index contributed by atoms with van der Waals surface area (Å²) in [5.41, 5.74) is 0. The molecule has 0 fully saturated rings. The molecule has 0 spiro atoms. The summed E-state index contributed by atoms with van der Waals surface area (Å²) >= 11 is 0. The maximum atomic E-state index is 12.6. The van der Waals surface area contributed by atoms with Gasteiger partial charge in [-0.05, 0) is 25.2 Å². The minimum atomic E-state index is -0.757. The summed E-state index contributed by atoms with van der Waals surface area (Å²) in [6.07, 6.45) is 32.5. The molecule has 0 amide bonds. The van der Waals surface area contributed by atoms with E-state index in [4.69, 9.17) is 14.2 Å². The molecule has 0 aliphatic heterocycles. The first-order valence-corrected chi connectivity index (χ1v) is 20.4. The van der Waals surface area contributed by atoms with E-state index in [1.54, 1.807) is 0 Å². The Morgan fingerprint density at radius 2 is 0.745 bits per heavy atom. The van der Waals surface area contributed by atoms with Gasteiger partial charge >= 0.3 is 17.9 Å². The Hall–Kier alpha value is -1.59. The molecule has 0 aromatic heterocycles. The Morgan fingerprint density at radius 3 is 1.11 bits per heavy atom. The van der Waals surface area contributed by atoms with Crippen LogP contribution in [0.5, 0.6) is 0 Å². The molecule has 1 unspecified atom stereocenters. The van der Waals surface area contributed by atoms with Gasteiger partial charge in [0.15, 0.2) is 6.10 Å². The van der Waals surface area contributed by atoms with E-state index in [1.807, 2.05) is 0 Å². The zero-order valence-corrected chi connectivity index (χ0v) is 31.7. The van der Waals surface area contributed by atoms with Crippen LogP contribution >= 0.6 is 0 Å². The summed E-state index contributed by atoms with van der Waals surface area (Å²) in [7, 11) is 0. The highest BCUT2D eigenvalue weighted by atomic mass is 16.6. The average molecular weight is 667 g/mol. The van der Waals surface area contributed by atoms with Gasteiger partial charge in [-0.3, -0.25) is 14.4 Å². The van der Waals surface area contributed by atoms with Crippen molar-refractivity contribution in [2.24, 2.45) is 5.92 Å². The number of rotatable bonds is 36. The number of unbranched alkanes of at least 4 members (excludes halogenated alkanes) is 22. The number of hydrogen-bond donors (Lipinski definition) is 0. The van der Waals surface area contributed by atoms with Crippen LogP contribution in [0.15, 0.2) is 0 Å². The van der Waals surface area contributed by atoms with E-state index in [9.17, 15) is 14.4 Å². The minimum Gasteiger partial charge on any atom is -0.462 e. The smallest absolute Gasteiger partial charge is 0.306 e. The first-order chi connectivity index (χ1) is 22.9. The zero-order valence-electron chi connectivity index (χ0n) is 31.7. The van der Waals surface area contributed by atoms with E-state index >= 15 is 0 Å². The molecule has 0 aromatic carbocycles. The van der Waals surface area contributed by atoms with Gasteiger partial charge in [0.2, 0.25) is 0 Å². The SMILES string of the molecule is CCCCCCCCCCCCCCC(=O)OC[C@H](COC(=O)CCCCCCC)OC(=O)CCCCCCCCCCC(C)CC. The predicted octanol–water partition coefficient (Wildman–Crippen LogP) is 12.4. The molecule has 0 radical (unpaired) electrons. The van der Waals surface area contributed by atoms with Crippen molar-refractivity contribution in [3.8, 4) is 0 Å². The highest BCUT2D eigenvalue weighted by molar-refractivity contribution is 5.71. The van der Waals surface area contributed by atoms with Crippen LogP contribution in [0.4, 0.5) is 0 Å². The number of ether oxygens (including phenoxy) is 3. The van der Waals surface area contributed by atoms with Gasteiger partial charge in [-0.25, -0.2) is 0 Å². The molecular weight excluding hydrogens is 588 g/mol. The van der Waals surface area contributed by atoms with Gasteiger partial charge in [-0.1, -0.05) is 182 Å². The minimum absolute atomic E-state index is 0.0658. The topological polar surface area (TPSA) is 78.9 Å². The van der Waals surface area contributed by atoms with Crippen molar-refractivity contribution in [2.45, 2.75) is 226 Å². The van der Waals surface area contributed by atoms with Crippen molar-refractivity contribution >= 4 is 17.9 Å². The standard InChI is InChI=1S/C41H78O6/c1-5-8-10-12-13-14-15-16-17-21-25-29-33-40(43)46-36-38(35-45-39(42)32-28-23-11-9-6-2)47-41(44)34-30-26-22-19-18-20-24-27-31-37(4)7-3/h37-38H,5-36H2,1-4H3/t37?,38-/m0/s1. The van der Waals surface area contributed by atoms with Gasteiger partial charge in [0, 0.05) is 19.3 Å². The van der Waals surface area contributed by atoms with E-state index in [0.717, 1.165) is 70.1 Å². The summed E-state index contributed by atoms with van der Waals surface area (Å²) in [4.78, 5) is 37.3. The average Bonchev–Trinajstić information content (AvgIpc) is 3.06. The van der Waals surface area contributed by atoms with Crippen LogP contribution in [0, 0.1) is 5.92 Å². The van der Waals surface area contributed by atoms with Gasteiger partial charge in [-0.15, -0.1) is 0 Å². The molecule has 0 aliphatic carbocycles. The molecule has 0 N–H and O–H groups in total. The Bertz CT molecular complexity index is 708. The first-order valence-electron chi connectivity index (χ1n) is 20.4. The van der Waals surface area contributed by atoms with Crippen molar-refractivity contribution in [2.75, 3.05) is 13.2 Å². The molecule has 0 saturated heterocycles. The lowest BCUT2D eigenvalue weighted by Gasteiger charge is -2.18. The van der Waals surface area contributed by atoms with Crippen molar-refractivity contribution in [3.05, 3.63) is 0 Å². The molecule has 0 rings (SSSR count). The Morgan fingerprint density at radius 1 is 0.426 bits per heavy atom. The molecule has 0 heterocycles. The summed E-state index contributed by atoms with van der Waals surface area (Å²) in [5, 5.41) is 0. The zero-order chi connectivity index (χ0) is 34.6. The second-order valence-corrected chi connectivity index (χ2v) is 14.2. The van der Waals surface area contributed by atoms with E-state index in [0.29, 0.717) is 19.3 Å². The third kappa shape index (κ3) is 34.1. The number of esters is 3. The van der Waals surface area contributed by atoms with Gasteiger partial charge < -0.3 is 14.2 Å². The van der Waals surface area contributed by atoms with Gasteiger partial charge in [-0.2, -0.15) is 0 Å². The van der Waals surface area contributed by atoms with Crippen molar-refractivity contribution in [3.63, 3.8) is 0 Å². The van der Waals surface area contributed by atoms with Crippen LogP contribution in [0.2, 0.25) is 0 Å². The summed E-state index contributed by atoms with van der Waals surface area (Å²) < 4.78 is 16.5. The fourth-order valence-corrected chi connectivity index (χ4v) is 5.89. The normalized spacial score (nSPS) is 12.5. The lowest BCUT2D eigenvalue weighted by atomic mass is 9.99. The number of hydrogen-bond acceptors (Lipinski definition) is 6. The van der Waals surface area contributed by atoms with E-state index in [2.05, 4.69) is 27.7 Å². The molecule has 0 aliphatic rings. The Labute approximate surface area is 291 Å². The van der Waals surface area contributed by atoms with Crippen LogP contribution in [-0.2, 0) is 28.6 Å². The van der Waals surface area contributed by atoms with Crippen molar-refractivity contribution < 1.29 is 28.6 Å². The molecule has 6 nitrogen and oxygen atoms in total. The summed E-state index contributed by atoms with van der Waals surface area (Å²) in [6, 6.07) is 0. The van der Waals surface area contributed by atoms with Crippen LogP contribution in [-0.4, -0.2) is 37.2 Å². The largest absolute Gasteiger partial charge is 0.462 e. The fourth-order valence-electron chi connectivity index (χ4n) is 5.89. The second kappa shape index (κ2) is 35.7. The lowest BCUT2D eigenvalue weighted by Crippen LogP contribution is -2.30. The molecule has 278 valence electrons. The highest BCUT2D eigenvalue weighted by Gasteiger charge is 2.19.